The lowest BCUT2D eigenvalue weighted by atomic mass is 10.0. The number of halogens is 1. The van der Waals surface area contributed by atoms with E-state index in [-0.39, 0.29) is 29.2 Å². The largest absolute Gasteiger partial charge is 0.507 e. The summed E-state index contributed by atoms with van der Waals surface area (Å²) in [5, 5.41) is 28.8. The van der Waals surface area contributed by atoms with Crippen LogP contribution < -0.4 is 4.74 Å². The lowest BCUT2D eigenvalue weighted by molar-refractivity contribution is 0.0932. The summed E-state index contributed by atoms with van der Waals surface area (Å²) in [6.45, 7) is 1.80. The van der Waals surface area contributed by atoms with E-state index < -0.39 is 23.4 Å². The lowest BCUT2D eigenvalue weighted by Crippen LogP contribution is -2.09. The predicted molar refractivity (Wildman–Crippen MR) is 71.2 cm³/mol. The average molecular weight is 289 g/mol. The van der Waals surface area contributed by atoms with Crippen molar-refractivity contribution in [1.82, 2.24) is 0 Å². The summed E-state index contributed by atoms with van der Waals surface area (Å²) < 4.78 is 4.85. The van der Waals surface area contributed by atoms with Gasteiger partial charge >= 0.3 is 0 Å². The minimum atomic E-state index is -0.582. The first kappa shape index (κ1) is 15.6. The Morgan fingerprint density at radius 1 is 1.47 bits per heavy atom. The van der Waals surface area contributed by atoms with Crippen molar-refractivity contribution in [2.24, 2.45) is 0 Å². The first-order chi connectivity index (χ1) is 8.92. The fourth-order valence-corrected chi connectivity index (χ4v) is 1.88. The lowest BCUT2D eigenvalue weighted by Gasteiger charge is -2.12. The fourth-order valence-electron chi connectivity index (χ4n) is 1.66. The van der Waals surface area contributed by atoms with Crippen molar-refractivity contribution in [3.05, 3.63) is 16.7 Å². The Hall–Kier alpha value is -1.46. The number of phenolic OH excluding ortho intramolecular Hbond substituents is 2. The average Bonchev–Trinajstić information content (AvgIpc) is 2.40. The van der Waals surface area contributed by atoms with Crippen molar-refractivity contribution in [2.45, 2.75) is 32.3 Å². The summed E-state index contributed by atoms with van der Waals surface area (Å²) in [4.78, 5) is 11.9. The van der Waals surface area contributed by atoms with Crippen molar-refractivity contribution in [3.8, 4) is 17.2 Å². The van der Waals surface area contributed by atoms with Gasteiger partial charge in [-0.15, -0.1) is 0 Å². The first-order valence-corrected chi connectivity index (χ1v) is 6.29. The molecule has 1 aromatic rings. The van der Waals surface area contributed by atoms with Crippen molar-refractivity contribution in [2.75, 3.05) is 7.11 Å². The van der Waals surface area contributed by atoms with Gasteiger partial charge in [0.2, 0.25) is 0 Å². The Kier molecular flexibility index (Phi) is 5.44. The maximum atomic E-state index is 11.9. The Bertz CT molecular complexity index is 473. The van der Waals surface area contributed by atoms with Gasteiger partial charge in [-0.25, -0.2) is 0 Å². The van der Waals surface area contributed by atoms with E-state index in [1.165, 1.54) is 13.2 Å². The van der Waals surface area contributed by atoms with Gasteiger partial charge in [0.1, 0.15) is 22.1 Å². The highest BCUT2D eigenvalue weighted by molar-refractivity contribution is 6.34. The number of carbonyl (C=O) groups excluding carboxylic acids is 1. The number of carbonyl (C=O) groups is 1. The second kappa shape index (κ2) is 6.63. The van der Waals surface area contributed by atoms with Gasteiger partial charge in [0, 0.05) is 12.5 Å². The molecule has 0 aromatic heterocycles. The molecule has 19 heavy (non-hydrogen) atoms. The number of methoxy groups -OCH3 is 1. The third-order valence-corrected chi connectivity index (χ3v) is 3.22. The van der Waals surface area contributed by atoms with Gasteiger partial charge in [-0.2, -0.15) is 0 Å². The van der Waals surface area contributed by atoms with Crippen molar-refractivity contribution >= 4 is 17.4 Å². The number of ketones is 1. The Morgan fingerprint density at radius 3 is 2.63 bits per heavy atom. The van der Waals surface area contributed by atoms with Crippen LogP contribution >= 0.6 is 11.6 Å². The number of rotatable bonds is 6. The molecule has 1 unspecified atom stereocenters. The minimum absolute atomic E-state index is 0.0127. The first-order valence-electron chi connectivity index (χ1n) is 5.92. The molecule has 6 heteroatoms. The molecule has 0 amide bonds. The number of benzene rings is 1. The van der Waals surface area contributed by atoms with Gasteiger partial charge in [0.05, 0.1) is 13.2 Å². The normalized spacial score (nSPS) is 12.2. The molecule has 1 atom stereocenters. The highest BCUT2D eigenvalue weighted by atomic mass is 35.5. The van der Waals surface area contributed by atoms with E-state index in [1.807, 2.05) is 0 Å². The molecule has 0 saturated heterocycles. The molecule has 0 radical (unpaired) electrons. The van der Waals surface area contributed by atoms with E-state index in [9.17, 15) is 20.1 Å². The van der Waals surface area contributed by atoms with E-state index >= 15 is 0 Å². The summed E-state index contributed by atoms with van der Waals surface area (Å²) in [6.07, 6.45) is 0.229. The molecule has 106 valence electrons. The van der Waals surface area contributed by atoms with Crippen LogP contribution in [-0.2, 0) is 0 Å². The molecule has 0 saturated carbocycles. The van der Waals surface area contributed by atoms with E-state index in [2.05, 4.69) is 0 Å². The summed E-state index contributed by atoms with van der Waals surface area (Å²) in [5.74, 6) is -1.29. The maximum Gasteiger partial charge on any atom is 0.170 e. The minimum Gasteiger partial charge on any atom is -0.507 e. The molecule has 1 aromatic carbocycles. The number of aliphatic hydroxyl groups excluding tert-OH is 1. The fraction of sp³-hybridized carbons (Fsp3) is 0.462. The second-order valence-corrected chi connectivity index (χ2v) is 4.54. The van der Waals surface area contributed by atoms with Gasteiger partial charge in [-0.3, -0.25) is 4.79 Å². The van der Waals surface area contributed by atoms with Crippen LogP contribution in [0.4, 0.5) is 0 Å². The summed E-state index contributed by atoms with van der Waals surface area (Å²) in [5.41, 5.74) is -0.242. The van der Waals surface area contributed by atoms with Crippen LogP contribution in [-0.4, -0.2) is 34.3 Å². The van der Waals surface area contributed by atoms with Gasteiger partial charge in [0.25, 0.3) is 0 Å². The Labute approximate surface area is 116 Å². The van der Waals surface area contributed by atoms with E-state index in [0.717, 1.165) is 0 Å². The summed E-state index contributed by atoms with van der Waals surface area (Å²) in [7, 11) is 1.33. The molecular weight excluding hydrogens is 272 g/mol. The van der Waals surface area contributed by atoms with Crippen LogP contribution in [0.2, 0.25) is 5.02 Å². The van der Waals surface area contributed by atoms with E-state index in [1.54, 1.807) is 6.92 Å². The van der Waals surface area contributed by atoms with E-state index in [0.29, 0.717) is 6.42 Å². The van der Waals surface area contributed by atoms with Gasteiger partial charge in [0.15, 0.2) is 11.5 Å². The Morgan fingerprint density at radius 2 is 2.11 bits per heavy atom. The standard InChI is InChI=1S/C13H17ClO5/c1-3-7(15)4-5-8(16)11-9(17)6-10(19-2)12(14)13(11)18/h6-7,15,17-18H,3-5H2,1-2H3. The molecule has 0 aliphatic heterocycles. The number of phenols is 2. The topological polar surface area (TPSA) is 87.0 Å². The highest BCUT2D eigenvalue weighted by Gasteiger charge is 2.22. The van der Waals surface area contributed by atoms with Crippen LogP contribution in [0.15, 0.2) is 6.07 Å². The molecule has 0 heterocycles. The van der Waals surface area contributed by atoms with Crippen LogP contribution in [0.25, 0.3) is 0 Å². The molecular formula is C13H17ClO5. The van der Waals surface area contributed by atoms with Gasteiger partial charge < -0.3 is 20.1 Å². The molecule has 0 aliphatic rings. The van der Waals surface area contributed by atoms with Crippen LogP contribution in [0.3, 0.4) is 0 Å². The SMILES string of the molecule is CCC(O)CCC(=O)c1c(O)cc(OC)c(Cl)c1O. The highest BCUT2D eigenvalue weighted by Crippen LogP contribution is 2.42. The summed E-state index contributed by atoms with van der Waals surface area (Å²) >= 11 is 5.82. The van der Waals surface area contributed by atoms with Crippen LogP contribution in [0.1, 0.15) is 36.5 Å². The molecule has 0 bridgehead atoms. The van der Waals surface area contributed by atoms with Crippen molar-refractivity contribution < 1.29 is 24.9 Å². The number of ether oxygens (including phenoxy) is 1. The number of aromatic hydroxyl groups is 2. The molecule has 5 nitrogen and oxygen atoms in total. The van der Waals surface area contributed by atoms with Gasteiger partial charge in [-0.05, 0) is 12.8 Å². The molecule has 1 rings (SSSR count). The molecule has 0 aliphatic carbocycles. The van der Waals surface area contributed by atoms with Crippen LogP contribution in [0.5, 0.6) is 17.2 Å². The monoisotopic (exact) mass is 288 g/mol. The maximum absolute atomic E-state index is 11.9. The smallest absolute Gasteiger partial charge is 0.170 e. The van der Waals surface area contributed by atoms with E-state index in [4.69, 9.17) is 16.3 Å². The number of aliphatic hydroxyl groups is 1. The summed E-state index contributed by atoms with van der Waals surface area (Å²) in [6, 6.07) is 1.17. The van der Waals surface area contributed by atoms with Crippen molar-refractivity contribution in [1.29, 1.82) is 0 Å². The third-order valence-electron chi connectivity index (χ3n) is 2.86. The number of hydrogen-bond acceptors (Lipinski definition) is 5. The van der Waals surface area contributed by atoms with Crippen molar-refractivity contribution in [3.63, 3.8) is 0 Å². The Balaban J connectivity index is 3.01. The van der Waals surface area contributed by atoms with Gasteiger partial charge in [-0.1, -0.05) is 18.5 Å². The predicted octanol–water partition coefficient (Wildman–Crippen LogP) is 2.49. The number of Topliss-reactive ketones (excluding diaryl/α,β-unsaturated/α-hetero) is 1. The van der Waals surface area contributed by atoms with Crippen LogP contribution in [0, 0.1) is 0 Å². The molecule has 0 spiro atoms. The zero-order chi connectivity index (χ0) is 14.6. The molecule has 0 fully saturated rings. The quantitative estimate of drug-likeness (QED) is 0.700. The molecule has 3 N–H and O–H groups in total. The third kappa shape index (κ3) is 3.52. The zero-order valence-corrected chi connectivity index (χ0v) is 11.6. The zero-order valence-electron chi connectivity index (χ0n) is 10.8. The second-order valence-electron chi connectivity index (χ2n) is 4.16. The number of hydrogen-bond donors (Lipinski definition) is 3.